The topological polar surface area (TPSA) is 47.4 Å². The number of fused-ring (bicyclic) bond motifs is 1. The van der Waals surface area contributed by atoms with Gasteiger partial charge >= 0.3 is 0 Å². The Balaban J connectivity index is 1.85. The molecule has 0 aliphatic carbocycles. The minimum atomic E-state index is -0.452. The van der Waals surface area contributed by atoms with Gasteiger partial charge in [-0.25, -0.2) is 4.68 Å². The van der Waals surface area contributed by atoms with E-state index in [1.165, 1.54) is 5.69 Å². The van der Waals surface area contributed by atoms with Crippen LogP contribution in [-0.4, -0.2) is 39.8 Å². The highest BCUT2D eigenvalue weighted by molar-refractivity contribution is 5.80. The Labute approximate surface area is 161 Å². The van der Waals surface area contributed by atoms with Gasteiger partial charge in [0.15, 0.2) is 0 Å². The molecule has 2 heterocycles. The van der Waals surface area contributed by atoms with Gasteiger partial charge in [0.2, 0.25) is 0 Å². The third kappa shape index (κ3) is 4.48. The van der Waals surface area contributed by atoms with Crippen LogP contribution >= 0.6 is 0 Å². The Hall–Kier alpha value is -2.40. The van der Waals surface area contributed by atoms with Gasteiger partial charge in [-0.15, -0.1) is 6.58 Å². The van der Waals surface area contributed by atoms with Crippen LogP contribution in [0.4, 0.5) is 0 Å². The number of hydrogen-bond acceptors (Lipinski definition) is 3. The fourth-order valence-corrected chi connectivity index (χ4v) is 3.62. The van der Waals surface area contributed by atoms with Crippen LogP contribution < -0.4 is 0 Å². The standard InChI is InChI=1S/C22H29N3O2/c1-5-6-12-27-17(2)21(26)24-15-18-14-23-25(19-10-8-7-9-11-19)20(18)13-22(3,4)16-24/h5,7-11,14,17H,1,6,12-13,15-16H2,2-4H3. The zero-order valence-corrected chi connectivity index (χ0v) is 16.5. The predicted molar refractivity (Wildman–Crippen MR) is 107 cm³/mol. The number of amides is 1. The Morgan fingerprint density at radius 1 is 1.37 bits per heavy atom. The highest BCUT2D eigenvalue weighted by Crippen LogP contribution is 2.31. The molecule has 3 rings (SSSR count). The number of carbonyl (C=O) groups excluding carboxylic acids is 1. The summed E-state index contributed by atoms with van der Waals surface area (Å²) in [5.74, 6) is 0.0347. The first kappa shape index (κ1) is 19.4. The normalized spacial score (nSPS) is 17.1. The van der Waals surface area contributed by atoms with Gasteiger partial charge in [-0.1, -0.05) is 38.1 Å². The smallest absolute Gasteiger partial charge is 0.251 e. The third-order valence-electron chi connectivity index (χ3n) is 4.93. The summed E-state index contributed by atoms with van der Waals surface area (Å²) in [4.78, 5) is 14.9. The van der Waals surface area contributed by atoms with E-state index in [4.69, 9.17) is 4.74 Å². The molecule has 0 N–H and O–H groups in total. The zero-order chi connectivity index (χ0) is 19.4. The molecule has 0 saturated heterocycles. The summed E-state index contributed by atoms with van der Waals surface area (Å²) in [5.41, 5.74) is 3.29. The van der Waals surface area contributed by atoms with E-state index in [1.807, 2.05) is 40.9 Å². The number of aromatic nitrogens is 2. The van der Waals surface area contributed by atoms with Gasteiger partial charge in [-0.3, -0.25) is 4.79 Å². The summed E-state index contributed by atoms with van der Waals surface area (Å²) < 4.78 is 7.69. The lowest BCUT2D eigenvalue weighted by atomic mass is 9.87. The number of hydrogen-bond donors (Lipinski definition) is 0. The minimum Gasteiger partial charge on any atom is -0.368 e. The minimum absolute atomic E-state index is 0.0347. The molecule has 1 atom stereocenters. The maximum atomic E-state index is 13.0. The van der Waals surface area contributed by atoms with Crippen molar-refractivity contribution < 1.29 is 9.53 Å². The molecule has 2 aromatic rings. The lowest BCUT2D eigenvalue weighted by Gasteiger charge is -2.31. The number of rotatable bonds is 6. The molecule has 0 bridgehead atoms. The molecular formula is C22H29N3O2. The molecule has 5 nitrogen and oxygen atoms in total. The van der Waals surface area contributed by atoms with Crippen LogP contribution in [0.5, 0.6) is 0 Å². The molecule has 0 saturated carbocycles. The first-order chi connectivity index (χ1) is 12.9. The van der Waals surface area contributed by atoms with Crippen LogP contribution in [0.1, 0.15) is 38.4 Å². The van der Waals surface area contributed by atoms with Crippen LogP contribution in [-0.2, 0) is 22.5 Å². The van der Waals surface area contributed by atoms with Gasteiger partial charge in [0.1, 0.15) is 6.10 Å². The monoisotopic (exact) mass is 367 g/mol. The van der Waals surface area contributed by atoms with E-state index < -0.39 is 6.10 Å². The van der Waals surface area contributed by atoms with Crippen molar-refractivity contribution in [2.45, 2.75) is 46.3 Å². The predicted octanol–water partition coefficient (Wildman–Crippen LogP) is 3.76. The number of ether oxygens (including phenoxy) is 1. The molecular weight excluding hydrogens is 338 g/mol. The van der Waals surface area contributed by atoms with Crippen molar-refractivity contribution in [1.82, 2.24) is 14.7 Å². The number of benzene rings is 1. The third-order valence-corrected chi connectivity index (χ3v) is 4.93. The van der Waals surface area contributed by atoms with Gasteiger partial charge < -0.3 is 9.64 Å². The second-order valence-corrected chi connectivity index (χ2v) is 7.99. The Bertz CT molecular complexity index is 795. The molecule has 0 fully saturated rings. The Morgan fingerprint density at radius 3 is 2.81 bits per heavy atom. The SMILES string of the molecule is C=CCCOC(C)C(=O)N1Cc2cnn(-c3ccccc3)c2CC(C)(C)C1. The van der Waals surface area contributed by atoms with E-state index in [-0.39, 0.29) is 11.3 Å². The lowest BCUT2D eigenvalue weighted by Crippen LogP contribution is -2.43. The fraction of sp³-hybridized carbons (Fsp3) is 0.455. The van der Waals surface area contributed by atoms with Crippen molar-refractivity contribution in [3.05, 3.63) is 60.4 Å². The van der Waals surface area contributed by atoms with Crippen molar-refractivity contribution >= 4 is 5.91 Å². The van der Waals surface area contributed by atoms with Gasteiger partial charge in [0.05, 0.1) is 18.5 Å². The first-order valence-corrected chi connectivity index (χ1v) is 9.54. The van der Waals surface area contributed by atoms with Gasteiger partial charge in [-0.2, -0.15) is 5.10 Å². The second-order valence-electron chi connectivity index (χ2n) is 7.99. The molecule has 144 valence electrons. The zero-order valence-electron chi connectivity index (χ0n) is 16.5. The molecule has 1 amide bonds. The van der Waals surface area contributed by atoms with Gasteiger partial charge in [-0.05, 0) is 37.3 Å². The summed E-state index contributed by atoms with van der Waals surface area (Å²) in [6, 6.07) is 10.2. The van der Waals surface area contributed by atoms with Crippen molar-refractivity contribution in [2.24, 2.45) is 5.41 Å². The van der Waals surface area contributed by atoms with E-state index in [9.17, 15) is 4.79 Å². The summed E-state index contributed by atoms with van der Waals surface area (Å²) in [7, 11) is 0. The van der Waals surface area contributed by atoms with E-state index >= 15 is 0 Å². The lowest BCUT2D eigenvalue weighted by molar-refractivity contribution is -0.144. The number of nitrogens with zero attached hydrogens (tertiary/aromatic N) is 3. The molecule has 0 radical (unpaired) electrons. The van der Waals surface area contributed by atoms with Crippen LogP contribution in [0.3, 0.4) is 0 Å². The molecule has 1 aliphatic heterocycles. The van der Waals surface area contributed by atoms with Crippen LogP contribution in [0.2, 0.25) is 0 Å². The average molecular weight is 367 g/mol. The van der Waals surface area contributed by atoms with Crippen molar-refractivity contribution in [2.75, 3.05) is 13.2 Å². The maximum absolute atomic E-state index is 13.0. The van der Waals surface area contributed by atoms with E-state index in [1.54, 1.807) is 6.08 Å². The summed E-state index contributed by atoms with van der Waals surface area (Å²) in [6.45, 7) is 11.7. The average Bonchev–Trinajstić information content (AvgIpc) is 2.96. The Kier molecular flexibility index (Phi) is 5.80. The van der Waals surface area contributed by atoms with E-state index in [2.05, 4.69) is 37.7 Å². The molecule has 1 aliphatic rings. The van der Waals surface area contributed by atoms with Crippen LogP contribution in [0.25, 0.3) is 5.69 Å². The van der Waals surface area contributed by atoms with Crippen molar-refractivity contribution in [3.8, 4) is 5.69 Å². The van der Waals surface area contributed by atoms with Crippen LogP contribution in [0.15, 0.2) is 49.2 Å². The second kappa shape index (κ2) is 8.09. The maximum Gasteiger partial charge on any atom is 0.251 e. The summed E-state index contributed by atoms with van der Waals surface area (Å²) >= 11 is 0. The molecule has 5 heteroatoms. The molecule has 27 heavy (non-hydrogen) atoms. The summed E-state index contributed by atoms with van der Waals surface area (Å²) in [6.07, 6.45) is 4.86. The fourth-order valence-electron chi connectivity index (χ4n) is 3.62. The number of para-hydroxylation sites is 1. The number of carbonyl (C=O) groups is 1. The van der Waals surface area contributed by atoms with Gasteiger partial charge in [0, 0.05) is 24.3 Å². The van der Waals surface area contributed by atoms with Crippen molar-refractivity contribution in [3.63, 3.8) is 0 Å². The summed E-state index contributed by atoms with van der Waals surface area (Å²) in [5, 5.41) is 4.61. The molecule has 1 unspecified atom stereocenters. The Morgan fingerprint density at radius 2 is 2.11 bits per heavy atom. The highest BCUT2D eigenvalue weighted by atomic mass is 16.5. The van der Waals surface area contributed by atoms with Gasteiger partial charge in [0.25, 0.3) is 5.91 Å². The van der Waals surface area contributed by atoms with E-state index in [0.29, 0.717) is 19.7 Å². The largest absolute Gasteiger partial charge is 0.368 e. The van der Waals surface area contributed by atoms with Crippen molar-refractivity contribution in [1.29, 1.82) is 0 Å². The van der Waals surface area contributed by atoms with E-state index in [0.717, 1.165) is 24.1 Å². The molecule has 1 aromatic heterocycles. The van der Waals surface area contributed by atoms with Crippen LogP contribution in [0, 0.1) is 5.41 Å². The first-order valence-electron chi connectivity index (χ1n) is 9.54. The quantitative estimate of drug-likeness (QED) is 0.577. The highest BCUT2D eigenvalue weighted by Gasteiger charge is 2.34. The molecule has 0 spiro atoms. The molecule has 1 aromatic carbocycles.